The monoisotopic (exact) mass is 278 g/mol. The maximum absolute atomic E-state index is 14.1. The topological polar surface area (TPSA) is 38.5 Å². The Hall–Kier alpha value is -1.13. The van der Waals surface area contributed by atoms with E-state index in [0.717, 1.165) is 31.7 Å². The molecule has 1 heterocycles. The van der Waals surface area contributed by atoms with Gasteiger partial charge in [-0.15, -0.1) is 0 Å². The van der Waals surface area contributed by atoms with Crippen molar-refractivity contribution in [1.82, 2.24) is 0 Å². The highest BCUT2D eigenvalue weighted by molar-refractivity contribution is 5.57. The molecule has 3 rings (SSSR count). The van der Waals surface area contributed by atoms with Gasteiger partial charge < -0.3 is 15.4 Å². The van der Waals surface area contributed by atoms with Gasteiger partial charge in [0.05, 0.1) is 18.8 Å². The molecule has 1 saturated carbocycles. The molecule has 1 aliphatic heterocycles. The van der Waals surface area contributed by atoms with E-state index in [9.17, 15) is 4.39 Å². The summed E-state index contributed by atoms with van der Waals surface area (Å²) < 4.78 is 20.0. The first kappa shape index (κ1) is 13.8. The van der Waals surface area contributed by atoms with Gasteiger partial charge in [-0.1, -0.05) is 18.9 Å². The van der Waals surface area contributed by atoms with Crippen LogP contribution in [0.1, 0.15) is 44.2 Å². The van der Waals surface area contributed by atoms with Gasteiger partial charge in [0, 0.05) is 23.8 Å². The Labute approximate surface area is 119 Å². The van der Waals surface area contributed by atoms with E-state index in [-0.39, 0.29) is 11.9 Å². The number of anilines is 1. The van der Waals surface area contributed by atoms with Crippen LogP contribution in [0.25, 0.3) is 0 Å². The van der Waals surface area contributed by atoms with E-state index in [1.54, 1.807) is 6.07 Å². The Balaban J connectivity index is 1.97. The average molecular weight is 278 g/mol. The van der Waals surface area contributed by atoms with Gasteiger partial charge >= 0.3 is 0 Å². The largest absolute Gasteiger partial charge is 0.374 e. The smallest absolute Gasteiger partial charge is 0.130 e. The van der Waals surface area contributed by atoms with Crippen molar-refractivity contribution in [2.45, 2.75) is 50.8 Å². The van der Waals surface area contributed by atoms with Crippen LogP contribution in [-0.2, 0) is 4.74 Å². The molecule has 0 amide bonds. The fourth-order valence-corrected chi connectivity index (χ4v) is 3.62. The molecule has 3 atom stereocenters. The van der Waals surface area contributed by atoms with Crippen LogP contribution in [0.2, 0.25) is 0 Å². The van der Waals surface area contributed by atoms with Gasteiger partial charge in [0.25, 0.3) is 0 Å². The molecule has 0 radical (unpaired) electrons. The molecule has 1 saturated heterocycles. The first-order valence-corrected chi connectivity index (χ1v) is 7.60. The van der Waals surface area contributed by atoms with Crippen LogP contribution in [0, 0.1) is 5.82 Å². The van der Waals surface area contributed by atoms with E-state index >= 15 is 0 Å². The molecule has 0 aromatic heterocycles. The lowest BCUT2D eigenvalue weighted by Crippen LogP contribution is -2.53. The average Bonchev–Trinajstić information content (AvgIpc) is 2.46. The lowest BCUT2D eigenvalue weighted by atomic mass is 9.89. The number of nitrogens with two attached hydrogens (primary N) is 1. The molecule has 2 fully saturated rings. The molecule has 3 nitrogen and oxygen atoms in total. The quantitative estimate of drug-likeness (QED) is 0.904. The fraction of sp³-hybridized carbons (Fsp3) is 0.625. The molecular weight excluding hydrogens is 255 g/mol. The van der Waals surface area contributed by atoms with Crippen LogP contribution < -0.4 is 10.6 Å². The third kappa shape index (κ3) is 2.42. The van der Waals surface area contributed by atoms with E-state index in [1.807, 2.05) is 13.0 Å². The van der Waals surface area contributed by atoms with Crippen molar-refractivity contribution in [2.75, 3.05) is 18.1 Å². The molecule has 1 aromatic rings. The van der Waals surface area contributed by atoms with E-state index < -0.39 is 0 Å². The van der Waals surface area contributed by atoms with Gasteiger partial charge in [-0.3, -0.25) is 0 Å². The number of halogens is 1. The third-order valence-corrected chi connectivity index (χ3v) is 4.53. The second-order valence-corrected chi connectivity index (χ2v) is 5.92. The predicted molar refractivity (Wildman–Crippen MR) is 78.3 cm³/mol. The van der Waals surface area contributed by atoms with Crippen molar-refractivity contribution in [3.63, 3.8) is 0 Å². The molecule has 1 aliphatic carbocycles. The maximum atomic E-state index is 14.1. The number of rotatable bonds is 2. The van der Waals surface area contributed by atoms with Crippen LogP contribution in [0.5, 0.6) is 0 Å². The molecule has 4 heteroatoms. The Bertz CT molecular complexity index is 476. The predicted octanol–water partition coefficient (Wildman–Crippen LogP) is 2.99. The van der Waals surface area contributed by atoms with Gasteiger partial charge in [0.1, 0.15) is 5.82 Å². The molecular formula is C16H23FN2O. The van der Waals surface area contributed by atoms with Crippen LogP contribution >= 0.6 is 0 Å². The molecule has 110 valence electrons. The van der Waals surface area contributed by atoms with Gasteiger partial charge in [-0.05, 0) is 31.9 Å². The van der Waals surface area contributed by atoms with Crippen LogP contribution in [0.15, 0.2) is 18.2 Å². The number of morpholine rings is 1. The summed E-state index contributed by atoms with van der Waals surface area (Å²) in [6, 6.07) is 5.36. The normalized spacial score (nSPS) is 28.1. The van der Waals surface area contributed by atoms with Gasteiger partial charge in [0.15, 0.2) is 0 Å². The summed E-state index contributed by atoms with van der Waals surface area (Å²) in [6.45, 7) is 3.39. The van der Waals surface area contributed by atoms with Crippen molar-refractivity contribution >= 4 is 5.69 Å². The van der Waals surface area contributed by atoms with E-state index in [0.29, 0.717) is 17.7 Å². The van der Waals surface area contributed by atoms with Crippen LogP contribution in [-0.4, -0.2) is 25.3 Å². The highest BCUT2D eigenvalue weighted by Gasteiger charge is 2.35. The van der Waals surface area contributed by atoms with Crippen molar-refractivity contribution in [3.05, 3.63) is 29.6 Å². The fourth-order valence-electron chi connectivity index (χ4n) is 3.62. The van der Waals surface area contributed by atoms with Crippen LogP contribution in [0.4, 0.5) is 10.1 Å². The highest BCUT2D eigenvalue weighted by Crippen LogP contribution is 2.35. The molecule has 3 unspecified atom stereocenters. The lowest BCUT2D eigenvalue weighted by Gasteiger charge is -2.46. The summed E-state index contributed by atoms with van der Waals surface area (Å²) >= 11 is 0. The van der Waals surface area contributed by atoms with Crippen molar-refractivity contribution in [3.8, 4) is 0 Å². The number of nitrogens with zero attached hydrogens (tertiary/aromatic N) is 1. The van der Waals surface area contributed by atoms with Gasteiger partial charge in [-0.25, -0.2) is 4.39 Å². The number of benzene rings is 1. The summed E-state index contributed by atoms with van der Waals surface area (Å²) in [5.74, 6) is -0.198. The van der Waals surface area contributed by atoms with Gasteiger partial charge in [-0.2, -0.15) is 0 Å². The van der Waals surface area contributed by atoms with Crippen molar-refractivity contribution in [1.29, 1.82) is 0 Å². The Morgan fingerprint density at radius 3 is 2.95 bits per heavy atom. The minimum atomic E-state index is -0.295. The number of fused-ring (bicyclic) bond motifs is 1. The Morgan fingerprint density at radius 1 is 1.35 bits per heavy atom. The Morgan fingerprint density at radius 2 is 2.15 bits per heavy atom. The zero-order chi connectivity index (χ0) is 14.1. The molecule has 2 N–H and O–H groups in total. The lowest BCUT2D eigenvalue weighted by molar-refractivity contribution is -0.00878. The first-order valence-electron chi connectivity index (χ1n) is 7.60. The van der Waals surface area contributed by atoms with Crippen molar-refractivity contribution < 1.29 is 9.13 Å². The summed E-state index contributed by atoms with van der Waals surface area (Å²) in [5, 5.41) is 0. The Kier molecular flexibility index (Phi) is 3.94. The highest BCUT2D eigenvalue weighted by atomic mass is 19.1. The molecule has 2 aliphatic rings. The van der Waals surface area contributed by atoms with E-state index in [1.165, 1.54) is 18.9 Å². The second kappa shape index (κ2) is 5.70. The van der Waals surface area contributed by atoms with Gasteiger partial charge in [0.2, 0.25) is 0 Å². The third-order valence-electron chi connectivity index (χ3n) is 4.53. The standard InChI is InChI=1S/C16H23FN2O/c1-11(18)16-12(17)5-4-7-14(16)19-9-10-20-15-8-3-2-6-13(15)19/h4-5,7,11,13,15H,2-3,6,8-10,18H2,1H3. The number of ether oxygens (including phenoxy) is 1. The minimum absolute atomic E-state index is 0.198. The number of hydrogen-bond donors (Lipinski definition) is 1. The molecule has 0 spiro atoms. The summed E-state index contributed by atoms with van der Waals surface area (Å²) in [6.07, 6.45) is 4.99. The van der Waals surface area contributed by atoms with E-state index in [2.05, 4.69) is 4.90 Å². The maximum Gasteiger partial charge on any atom is 0.130 e. The van der Waals surface area contributed by atoms with Crippen LogP contribution in [0.3, 0.4) is 0 Å². The minimum Gasteiger partial charge on any atom is -0.374 e. The second-order valence-electron chi connectivity index (χ2n) is 5.92. The summed E-state index contributed by atoms with van der Waals surface area (Å²) in [5.41, 5.74) is 7.59. The molecule has 20 heavy (non-hydrogen) atoms. The SMILES string of the molecule is CC(N)c1c(F)cccc1N1CCOC2CCCCC21. The first-order chi connectivity index (χ1) is 9.68. The van der Waals surface area contributed by atoms with Crippen molar-refractivity contribution in [2.24, 2.45) is 5.73 Å². The molecule has 1 aromatic carbocycles. The zero-order valence-corrected chi connectivity index (χ0v) is 12.0. The zero-order valence-electron chi connectivity index (χ0n) is 12.0. The molecule has 0 bridgehead atoms. The number of hydrogen-bond acceptors (Lipinski definition) is 3. The summed E-state index contributed by atoms with van der Waals surface area (Å²) in [4.78, 5) is 2.33. The summed E-state index contributed by atoms with van der Waals surface area (Å²) in [7, 11) is 0. The van der Waals surface area contributed by atoms with E-state index in [4.69, 9.17) is 10.5 Å².